The zero-order chi connectivity index (χ0) is 14.3. The summed E-state index contributed by atoms with van der Waals surface area (Å²) in [6, 6.07) is 0.173. The minimum Gasteiger partial charge on any atom is -0.463 e. The number of hydrogen-bond acceptors (Lipinski definition) is 6. The van der Waals surface area contributed by atoms with Crippen molar-refractivity contribution < 1.29 is 9.53 Å². The molecule has 0 saturated carbocycles. The second-order valence-corrected chi connectivity index (χ2v) is 4.06. The van der Waals surface area contributed by atoms with Gasteiger partial charge in [-0.25, -0.2) is 0 Å². The lowest BCUT2D eigenvalue weighted by atomic mass is 10.5. The molecule has 1 aromatic heterocycles. The van der Waals surface area contributed by atoms with Gasteiger partial charge < -0.3 is 15.0 Å². The lowest BCUT2D eigenvalue weighted by Gasteiger charge is -2.19. The van der Waals surface area contributed by atoms with Crippen molar-refractivity contribution in [2.45, 2.75) is 20.3 Å². The Balaban J connectivity index is 2.89. The zero-order valence-corrected chi connectivity index (χ0v) is 12.1. The molecule has 19 heavy (non-hydrogen) atoms. The van der Waals surface area contributed by atoms with Gasteiger partial charge in [-0.15, -0.1) is 0 Å². The number of likely N-dealkylation sites (N-methyl/N-ethyl adjacent to an activating group) is 2. The molecular formula is C11H18ClN5O2. The van der Waals surface area contributed by atoms with E-state index in [0.29, 0.717) is 19.1 Å². The number of nitrogens with one attached hydrogen (secondary N) is 1. The average molecular weight is 288 g/mol. The van der Waals surface area contributed by atoms with E-state index in [1.54, 1.807) is 11.9 Å². The fraction of sp³-hybridized carbons (Fsp3) is 0.636. The van der Waals surface area contributed by atoms with Crippen molar-refractivity contribution >= 4 is 23.5 Å². The smallest absolute Gasteiger partial charge is 0.322 e. The number of halogens is 1. The van der Waals surface area contributed by atoms with Crippen molar-refractivity contribution in [3.63, 3.8) is 0 Å². The molecule has 106 valence electrons. The van der Waals surface area contributed by atoms with Gasteiger partial charge in [0.2, 0.25) is 17.1 Å². The Labute approximate surface area is 117 Å². The normalized spacial score (nSPS) is 10.1. The molecule has 0 spiro atoms. The van der Waals surface area contributed by atoms with E-state index >= 15 is 0 Å². The molecule has 0 fully saturated rings. The summed E-state index contributed by atoms with van der Waals surface area (Å²) in [5.41, 5.74) is 0. The summed E-state index contributed by atoms with van der Waals surface area (Å²) in [6.45, 7) is 5.10. The van der Waals surface area contributed by atoms with Crippen LogP contribution in [0, 0.1) is 0 Å². The molecule has 0 aliphatic carbocycles. The average Bonchev–Trinajstić information content (AvgIpc) is 2.41. The number of hydrogen-bond donors (Lipinski definition) is 1. The first-order valence-electron chi connectivity index (χ1n) is 6.10. The number of carbonyl (C=O) groups excluding carboxylic acids is 1. The van der Waals surface area contributed by atoms with Crippen molar-refractivity contribution in [2.24, 2.45) is 0 Å². The third-order valence-electron chi connectivity index (χ3n) is 2.29. The van der Waals surface area contributed by atoms with Gasteiger partial charge in [0.1, 0.15) is 0 Å². The van der Waals surface area contributed by atoms with Gasteiger partial charge in [-0.05, 0) is 24.9 Å². The Bertz CT molecular complexity index is 430. The van der Waals surface area contributed by atoms with Crippen LogP contribution in [-0.4, -0.2) is 47.6 Å². The van der Waals surface area contributed by atoms with Gasteiger partial charge in [-0.3, -0.25) is 4.79 Å². The van der Waals surface area contributed by atoms with Crippen LogP contribution in [0.5, 0.6) is 6.01 Å². The van der Waals surface area contributed by atoms with Crippen molar-refractivity contribution in [3.05, 3.63) is 5.28 Å². The summed E-state index contributed by atoms with van der Waals surface area (Å²) in [7, 11) is 1.58. The second kappa shape index (κ2) is 7.73. The SMILES string of the molecule is CCCOc1nc(Cl)nc(N(CC)CC(=O)NC)n1. The lowest BCUT2D eigenvalue weighted by Crippen LogP contribution is -2.36. The molecule has 1 rings (SSSR count). The number of amides is 1. The fourth-order valence-corrected chi connectivity index (χ4v) is 1.45. The highest BCUT2D eigenvalue weighted by Gasteiger charge is 2.14. The molecule has 0 aliphatic rings. The first kappa shape index (κ1) is 15.4. The number of rotatable bonds is 7. The third-order valence-corrected chi connectivity index (χ3v) is 2.46. The second-order valence-electron chi connectivity index (χ2n) is 3.72. The van der Waals surface area contributed by atoms with Crippen LogP contribution in [0.25, 0.3) is 0 Å². The van der Waals surface area contributed by atoms with Crippen molar-refractivity contribution in [2.75, 3.05) is 31.6 Å². The maximum atomic E-state index is 11.4. The largest absolute Gasteiger partial charge is 0.463 e. The third kappa shape index (κ3) is 4.86. The molecule has 0 atom stereocenters. The maximum absolute atomic E-state index is 11.4. The molecule has 1 amide bonds. The molecule has 0 bridgehead atoms. The standard InChI is InChI=1S/C11H18ClN5O2/c1-4-6-19-11-15-9(12)14-10(16-11)17(5-2)7-8(18)13-3/h4-7H2,1-3H3,(H,13,18). The monoisotopic (exact) mass is 287 g/mol. The number of anilines is 1. The van der Waals surface area contributed by atoms with Crippen LogP contribution in [0.4, 0.5) is 5.95 Å². The van der Waals surface area contributed by atoms with Crippen LogP contribution in [-0.2, 0) is 4.79 Å². The summed E-state index contributed by atoms with van der Waals surface area (Å²) < 4.78 is 5.33. The molecular weight excluding hydrogens is 270 g/mol. The molecule has 0 aromatic carbocycles. The van der Waals surface area contributed by atoms with Gasteiger partial charge in [0, 0.05) is 13.6 Å². The van der Waals surface area contributed by atoms with Crippen LogP contribution in [0.15, 0.2) is 0 Å². The number of aromatic nitrogens is 3. The lowest BCUT2D eigenvalue weighted by molar-refractivity contribution is -0.119. The minimum atomic E-state index is -0.130. The molecule has 8 heteroatoms. The Morgan fingerprint density at radius 2 is 2.11 bits per heavy atom. The molecule has 0 radical (unpaired) electrons. The maximum Gasteiger partial charge on any atom is 0.322 e. The highest BCUT2D eigenvalue weighted by molar-refractivity contribution is 6.28. The van der Waals surface area contributed by atoms with E-state index in [1.807, 2.05) is 13.8 Å². The molecule has 1 heterocycles. The van der Waals surface area contributed by atoms with Crippen LogP contribution in [0.1, 0.15) is 20.3 Å². The van der Waals surface area contributed by atoms with Crippen molar-refractivity contribution in [1.29, 1.82) is 0 Å². The van der Waals surface area contributed by atoms with Crippen molar-refractivity contribution in [3.8, 4) is 6.01 Å². The highest BCUT2D eigenvalue weighted by atomic mass is 35.5. The van der Waals surface area contributed by atoms with Crippen LogP contribution in [0.2, 0.25) is 5.28 Å². The Morgan fingerprint density at radius 1 is 1.37 bits per heavy atom. The highest BCUT2D eigenvalue weighted by Crippen LogP contribution is 2.15. The van der Waals surface area contributed by atoms with Crippen LogP contribution in [0.3, 0.4) is 0 Å². The summed E-state index contributed by atoms with van der Waals surface area (Å²) in [5.74, 6) is 0.201. The van der Waals surface area contributed by atoms with E-state index in [1.165, 1.54) is 0 Å². The zero-order valence-electron chi connectivity index (χ0n) is 11.3. The summed E-state index contributed by atoms with van der Waals surface area (Å²) >= 11 is 5.83. The van der Waals surface area contributed by atoms with Gasteiger partial charge in [0.05, 0.1) is 13.2 Å². The molecule has 1 aromatic rings. The summed E-state index contributed by atoms with van der Waals surface area (Å²) in [4.78, 5) is 25.1. The molecule has 0 saturated heterocycles. The number of carbonyl (C=O) groups is 1. The van der Waals surface area contributed by atoms with E-state index in [-0.39, 0.29) is 23.7 Å². The minimum absolute atomic E-state index is 0.0476. The molecule has 1 N–H and O–H groups in total. The van der Waals surface area contributed by atoms with E-state index in [9.17, 15) is 4.79 Å². The van der Waals surface area contributed by atoms with Gasteiger partial charge in [0.15, 0.2) is 0 Å². The predicted molar refractivity (Wildman–Crippen MR) is 72.6 cm³/mol. The van der Waals surface area contributed by atoms with Crippen molar-refractivity contribution in [1.82, 2.24) is 20.3 Å². The summed E-state index contributed by atoms with van der Waals surface area (Å²) in [5, 5.41) is 2.59. The Kier molecular flexibility index (Phi) is 6.27. The van der Waals surface area contributed by atoms with E-state index in [0.717, 1.165) is 6.42 Å². The molecule has 0 aliphatic heterocycles. The van der Waals surface area contributed by atoms with E-state index in [2.05, 4.69) is 20.3 Å². The van der Waals surface area contributed by atoms with E-state index < -0.39 is 0 Å². The first-order chi connectivity index (χ1) is 9.10. The quantitative estimate of drug-likeness (QED) is 0.802. The number of nitrogens with zero attached hydrogens (tertiary/aromatic N) is 4. The van der Waals surface area contributed by atoms with Gasteiger partial charge in [-0.2, -0.15) is 15.0 Å². The molecule has 0 unspecified atom stereocenters. The van der Waals surface area contributed by atoms with E-state index in [4.69, 9.17) is 16.3 Å². The van der Waals surface area contributed by atoms with Gasteiger partial charge >= 0.3 is 6.01 Å². The predicted octanol–water partition coefficient (Wildman–Crippen LogP) is 0.886. The van der Waals surface area contributed by atoms with Crippen LogP contribution < -0.4 is 15.0 Å². The number of ether oxygens (including phenoxy) is 1. The fourth-order valence-electron chi connectivity index (χ4n) is 1.30. The van der Waals surface area contributed by atoms with Crippen LogP contribution >= 0.6 is 11.6 Å². The Hall–Kier alpha value is -1.63. The topological polar surface area (TPSA) is 80.2 Å². The Morgan fingerprint density at radius 3 is 2.68 bits per heavy atom. The summed E-state index contributed by atoms with van der Waals surface area (Å²) in [6.07, 6.45) is 0.842. The first-order valence-corrected chi connectivity index (χ1v) is 6.48. The molecule has 7 nitrogen and oxygen atoms in total. The van der Waals surface area contributed by atoms with Gasteiger partial charge in [0.25, 0.3) is 0 Å². The van der Waals surface area contributed by atoms with Gasteiger partial charge in [-0.1, -0.05) is 6.92 Å².